The molecular weight excluding hydrogens is 224 g/mol. The summed E-state index contributed by atoms with van der Waals surface area (Å²) < 4.78 is 5.63. The molecule has 1 aromatic carbocycles. The molecule has 0 aliphatic carbocycles. The molecule has 1 aromatic rings. The molecule has 0 aliphatic rings. The van der Waals surface area contributed by atoms with Crippen LogP contribution in [0.5, 0.6) is 5.75 Å². The van der Waals surface area contributed by atoms with E-state index in [1.54, 1.807) is 0 Å². The molecule has 0 saturated heterocycles. The van der Waals surface area contributed by atoms with Crippen LogP contribution in [0.1, 0.15) is 45.2 Å². The Morgan fingerprint density at radius 1 is 1.33 bits per heavy atom. The smallest absolute Gasteiger partial charge is 0.119 e. The van der Waals surface area contributed by atoms with Crippen molar-refractivity contribution >= 4 is 0 Å². The van der Waals surface area contributed by atoms with Gasteiger partial charge >= 0.3 is 0 Å². The van der Waals surface area contributed by atoms with Gasteiger partial charge in [-0.1, -0.05) is 37.1 Å². The summed E-state index contributed by atoms with van der Waals surface area (Å²) in [5.74, 6) is 6.48. The van der Waals surface area contributed by atoms with Crippen molar-refractivity contribution in [3.05, 3.63) is 41.5 Å². The quantitative estimate of drug-likeness (QED) is 0.337. The molecule has 0 radical (unpaired) electrons. The third-order valence-electron chi connectivity index (χ3n) is 2.69. The van der Waals surface area contributed by atoms with Gasteiger partial charge in [-0.15, -0.1) is 0 Å². The van der Waals surface area contributed by atoms with Gasteiger partial charge in [-0.05, 0) is 38.0 Å². The van der Waals surface area contributed by atoms with Gasteiger partial charge in [-0.3, -0.25) is 5.84 Å². The highest BCUT2D eigenvalue weighted by Crippen LogP contribution is 2.19. The fourth-order valence-corrected chi connectivity index (χ4v) is 1.68. The van der Waals surface area contributed by atoms with Gasteiger partial charge in [0.05, 0.1) is 12.6 Å². The fourth-order valence-electron chi connectivity index (χ4n) is 1.68. The van der Waals surface area contributed by atoms with Gasteiger partial charge in [0.1, 0.15) is 5.75 Å². The normalized spacial score (nSPS) is 12.0. The van der Waals surface area contributed by atoms with E-state index >= 15 is 0 Å². The van der Waals surface area contributed by atoms with E-state index in [2.05, 4.69) is 32.3 Å². The lowest BCUT2D eigenvalue weighted by molar-refractivity contribution is 0.309. The number of hydrazine groups is 1. The van der Waals surface area contributed by atoms with Gasteiger partial charge in [-0.25, -0.2) is 5.43 Å². The highest BCUT2D eigenvalue weighted by Gasteiger charge is 2.06. The second-order valence-electron chi connectivity index (χ2n) is 4.66. The van der Waals surface area contributed by atoms with E-state index in [9.17, 15) is 0 Å². The average Bonchev–Trinajstić information content (AvgIpc) is 2.37. The lowest BCUT2D eigenvalue weighted by Gasteiger charge is -2.13. The number of unbranched alkanes of at least 4 members (excludes halogenated alkanes) is 1. The Balaban J connectivity index is 2.66. The zero-order chi connectivity index (χ0) is 13.4. The summed E-state index contributed by atoms with van der Waals surface area (Å²) in [4.78, 5) is 0. The number of benzene rings is 1. The predicted octanol–water partition coefficient (Wildman–Crippen LogP) is 3.34. The van der Waals surface area contributed by atoms with Crippen LogP contribution in [0.3, 0.4) is 0 Å². The molecule has 0 aliphatic heterocycles. The van der Waals surface area contributed by atoms with Crippen molar-refractivity contribution in [3.8, 4) is 5.75 Å². The summed E-state index contributed by atoms with van der Waals surface area (Å²) in [5.41, 5.74) is 5.18. The van der Waals surface area contributed by atoms with Crippen LogP contribution in [0.4, 0.5) is 0 Å². The van der Waals surface area contributed by atoms with Gasteiger partial charge in [0.15, 0.2) is 0 Å². The fraction of sp³-hybridized carbons (Fsp3) is 0.467. The van der Waals surface area contributed by atoms with Gasteiger partial charge in [0.2, 0.25) is 0 Å². The first kappa shape index (κ1) is 14.7. The van der Waals surface area contributed by atoms with Gasteiger partial charge in [0, 0.05) is 0 Å². The third-order valence-corrected chi connectivity index (χ3v) is 2.69. The summed E-state index contributed by atoms with van der Waals surface area (Å²) in [6, 6.07) is 8.14. The molecule has 0 aromatic heterocycles. The van der Waals surface area contributed by atoms with E-state index in [0.29, 0.717) is 0 Å². The van der Waals surface area contributed by atoms with Crippen LogP contribution in [0.15, 0.2) is 35.9 Å². The zero-order valence-corrected chi connectivity index (χ0v) is 11.6. The lowest BCUT2D eigenvalue weighted by atomic mass is 10.1. The van der Waals surface area contributed by atoms with Crippen molar-refractivity contribution in [2.75, 3.05) is 6.61 Å². The Morgan fingerprint density at radius 3 is 2.50 bits per heavy atom. The van der Waals surface area contributed by atoms with Gasteiger partial charge in [0.25, 0.3) is 0 Å². The number of hydrogen-bond acceptors (Lipinski definition) is 3. The van der Waals surface area contributed by atoms with E-state index < -0.39 is 0 Å². The van der Waals surface area contributed by atoms with Crippen LogP contribution < -0.4 is 16.0 Å². The summed E-state index contributed by atoms with van der Waals surface area (Å²) >= 11 is 0. The maximum Gasteiger partial charge on any atom is 0.119 e. The summed E-state index contributed by atoms with van der Waals surface area (Å²) in [6.07, 6.45) is 4.34. The molecule has 3 N–H and O–H groups in total. The Labute approximate surface area is 110 Å². The first-order valence-corrected chi connectivity index (χ1v) is 6.51. The number of allylic oxidation sites excluding steroid dienone is 1. The van der Waals surface area contributed by atoms with Crippen molar-refractivity contribution in [2.24, 2.45) is 5.84 Å². The van der Waals surface area contributed by atoms with Crippen molar-refractivity contribution in [2.45, 2.75) is 39.7 Å². The van der Waals surface area contributed by atoms with E-state index in [-0.39, 0.29) is 6.04 Å². The average molecular weight is 248 g/mol. The standard InChI is InChI=1S/C15H24N2O/c1-4-5-10-18-14-8-6-13(7-9-14)15(17-16)11-12(2)3/h6-9,11,15,17H,4-5,10,16H2,1-3H3. The topological polar surface area (TPSA) is 47.3 Å². The Kier molecular flexibility index (Phi) is 6.47. The largest absolute Gasteiger partial charge is 0.494 e. The summed E-state index contributed by atoms with van der Waals surface area (Å²) in [7, 11) is 0. The van der Waals surface area contributed by atoms with Crippen molar-refractivity contribution < 1.29 is 4.74 Å². The van der Waals surface area contributed by atoms with Crippen LogP contribution in [-0.2, 0) is 0 Å². The van der Waals surface area contributed by atoms with E-state index in [0.717, 1.165) is 30.8 Å². The minimum atomic E-state index is 0.0553. The Hall–Kier alpha value is -1.32. The number of rotatable bonds is 7. The first-order valence-electron chi connectivity index (χ1n) is 6.51. The van der Waals surface area contributed by atoms with Gasteiger partial charge in [-0.2, -0.15) is 0 Å². The summed E-state index contributed by atoms with van der Waals surface area (Å²) in [5, 5.41) is 0. The number of hydrogen-bond donors (Lipinski definition) is 2. The van der Waals surface area contributed by atoms with Crippen LogP contribution in [-0.4, -0.2) is 6.61 Å². The Bertz CT molecular complexity index is 367. The molecule has 1 atom stereocenters. The molecule has 0 fully saturated rings. The van der Waals surface area contributed by atoms with E-state index in [1.165, 1.54) is 5.57 Å². The molecule has 1 rings (SSSR count). The second-order valence-corrected chi connectivity index (χ2v) is 4.66. The van der Waals surface area contributed by atoms with Crippen LogP contribution in [0, 0.1) is 0 Å². The molecule has 18 heavy (non-hydrogen) atoms. The minimum absolute atomic E-state index is 0.0553. The maximum absolute atomic E-state index is 5.63. The molecular formula is C15H24N2O. The van der Waals surface area contributed by atoms with Crippen LogP contribution >= 0.6 is 0 Å². The van der Waals surface area contributed by atoms with Crippen LogP contribution in [0.25, 0.3) is 0 Å². The molecule has 1 unspecified atom stereocenters. The molecule has 3 nitrogen and oxygen atoms in total. The van der Waals surface area contributed by atoms with E-state index in [1.807, 2.05) is 24.3 Å². The number of nitrogens with two attached hydrogens (primary N) is 1. The number of nitrogens with one attached hydrogen (secondary N) is 1. The molecule has 0 bridgehead atoms. The summed E-state index contributed by atoms with van der Waals surface area (Å²) in [6.45, 7) is 7.06. The molecule has 0 amide bonds. The molecule has 0 heterocycles. The van der Waals surface area contributed by atoms with E-state index in [4.69, 9.17) is 10.6 Å². The predicted molar refractivity (Wildman–Crippen MR) is 76.3 cm³/mol. The van der Waals surface area contributed by atoms with Crippen molar-refractivity contribution in [1.82, 2.24) is 5.43 Å². The monoisotopic (exact) mass is 248 g/mol. The van der Waals surface area contributed by atoms with Gasteiger partial charge < -0.3 is 4.74 Å². The molecule has 0 spiro atoms. The Morgan fingerprint density at radius 2 is 2.00 bits per heavy atom. The molecule has 100 valence electrons. The number of ether oxygens (including phenoxy) is 1. The SMILES string of the molecule is CCCCOc1ccc(C(C=C(C)C)NN)cc1. The third kappa shape index (κ3) is 4.90. The molecule has 3 heteroatoms. The van der Waals surface area contributed by atoms with Crippen molar-refractivity contribution in [1.29, 1.82) is 0 Å². The van der Waals surface area contributed by atoms with Crippen LogP contribution in [0.2, 0.25) is 0 Å². The minimum Gasteiger partial charge on any atom is -0.494 e. The second kappa shape index (κ2) is 7.90. The lowest BCUT2D eigenvalue weighted by Crippen LogP contribution is -2.26. The zero-order valence-electron chi connectivity index (χ0n) is 11.6. The van der Waals surface area contributed by atoms with Crippen molar-refractivity contribution in [3.63, 3.8) is 0 Å². The maximum atomic E-state index is 5.63. The highest BCUT2D eigenvalue weighted by atomic mass is 16.5. The first-order chi connectivity index (χ1) is 8.67. The highest BCUT2D eigenvalue weighted by molar-refractivity contribution is 5.31. The molecule has 0 saturated carbocycles.